The Morgan fingerprint density at radius 2 is 1.61 bits per heavy atom. The molecule has 0 amide bonds. The monoisotopic (exact) mass is 300 g/mol. The number of carbonyl (C=O) groups excluding carboxylic acids is 1. The molecule has 0 radical (unpaired) electrons. The van der Waals surface area contributed by atoms with Gasteiger partial charge in [0.05, 0.1) is 12.2 Å². The third-order valence-corrected chi connectivity index (χ3v) is 4.19. The minimum atomic E-state index is -0.264. The second-order valence-electron chi connectivity index (χ2n) is 5.65. The minimum Gasteiger partial charge on any atom is -0.462 e. The van der Waals surface area contributed by atoms with Gasteiger partial charge in [-0.2, -0.15) is 0 Å². The van der Waals surface area contributed by atoms with E-state index < -0.39 is 0 Å². The summed E-state index contributed by atoms with van der Waals surface area (Å²) in [6, 6.07) is 22.8. The molecular weight excluding hydrogens is 284 g/mol. The number of hydrogen-bond donors (Lipinski definition) is 0. The second kappa shape index (κ2) is 5.40. The summed E-state index contributed by atoms with van der Waals surface area (Å²) in [4.78, 5) is 12.0. The topological polar surface area (TPSA) is 26.3 Å². The first kappa shape index (κ1) is 13.8. The number of carbonyl (C=O) groups is 1. The molecule has 2 aliphatic carbocycles. The number of esters is 1. The lowest BCUT2D eigenvalue weighted by Gasteiger charge is -2.02. The van der Waals surface area contributed by atoms with Crippen molar-refractivity contribution in [2.75, 3.05) is 6.61 Å². The van der Waals surface area contributed by atoms with Gasteiger partial charge in [-0.3, -0.25) is 0 Å². The van der Waals surface area contributed by atoms with Gasteiger partial charge in [0.15, 0.2) is 0 Å². The van der Waals surface area contributed by atoms with Crippen LogP contribution in [0.2, 0.25) is 0 Å². The van der Waals surface area contributed by atoms with Crippen LogP contribution in [0.15, 0.2) is 66.7 Å². The number of ether oxygens (including phenoxy) is 1. The van der Waals surface area contributed by atoms with Crippen molar-refractivity contribution in [1.82, 2.24) is 0 Å². The largest absolute Gasteiger partial charge is 0.462 e. The summed E-state index contributed by atoms with van der Waals surface area (Å²) >= 11 is 0. The summed E-state index contributed by atoms with van der Waals surface area (Å²) in [5.41, 5.74) is 2.75. The van der Waals surface area contributed by atoms with E-state index in [2.05, 4.69) is 30.3 Å². The van der Waals surface area contributed by atoms with Crippen molar-refractivity contribution in [3.05, 3.63) is 72.3 Å². The van der Waals surface area contributed by atoms with Crippen molar-refractivity contribution >= 4 is 27.5 Å². The summed E-state index contributed by atoms with van der Waals surface area (Å²) in [5, 5.41) is 4.74. The highest BCUT2D eigenvalue weighted by atomic mass is 16.5. The molecule has 2 aromatic rings. The predicted molar refractivity (Wildman–Crippen MR) is 94.0 cm³/mol. The van der Waals surface area contributed by atoms with Gasteiger partial charge in [0.2, 0.25) is 0 Å². The molecule has 2 nitrogen and oxygen atoms in total. The van der Waals surface area contributed by atoms with E-state index in [9.17, 15) is 4.79 Å². The lowest BCUT2D eigenvalue weighted by atomic mass is 10.0. The van der Waals surface area contributed by atoms with Crippen LogP contribution < -0.4 is 0 Å². The minimum absolute atomic E-state index is 0.264. The zero-order chi connectivity index (χ0) is 15.8. The summed E-state index contributed by atoms with van der Waals surface area (Å²) in [6.45, 7) is 2.21. The number of hydrogen-bond acceptors (Lipinski definition) is 2. The molecule has 0 atom stereocenters. The van der Waals surface area contributed by atoms with Gasteiger partial charge < -0.3 is 4.74 Å². The molecule has 2 heteroatoms. The van der Waals surface area contributed by atoms with E-state index in [-0.39, 0.29) is 5.97 Å². The predicted octanol–water partition coefficient (Wildman–Crippen LogP) is 5.27. The molecule has 2 aromatic carbocycles. The van der Waals surface area contributed by atoms with Crippen molar-refractivity contribution in [3.8, 4) is 11.1 Å². The van der Waals surface area contributed by atoms with E-state index in [1.807, 2.05) is 43.3 Å². The van der Waals surface area contributed by atoms with Crippen LogP contribution >= 0.6 is 0 Å². The Hall–Kier alpha value is -2.87. The zero-order valence-electron chi connectivity index (χ0n) is 12.9. The maximum Gasteiger partial charge on any atom is 0.338 e. The molecular formula is C21H16O2. The number of benzene rings is 2. The van der Waals surface area contributed by atoms with Gasteiger partial charge in [-0.25, -0.2) is 4.79 Å². The van der Waals surface area contributed by atoms with Crippen LogP contribution in [0, 0.1) is 0 Å². The molecule has 4 rings (SSSR count). The van der Waals surface area contributed by atoms with Crippen molar-refractivity contribution in [1.29, 1.82) is 0 Å². The summed E-state index contributed by atoms with van der Waals surface area (Å²) in [6.07, 6.45) is 0. The highest BCUT2D eigenvalue weighted by molar-refractivity contribution is 6.07. The average Bonchev–Trinajstić information content (AvgIpc) is 2.92. The first-order chi connectivity index (χ1) is 11.3. The van der Waals surface area contributed by atoms with Gasteiger partial charge in [0.25, 0.3) is 0 Å². The van der Waals surface area contributed by atoms with Gasteiger partial charge in [-0.15, -0.1) is 0 Å². The Balaban J connectivity index is 2.02. The van der Waals surface area contributed by atoms with Gasteiger partial charge in [0.1, 0.15) is 0 Å². The molecule has 0 fully saturated rings. The van der Waals surface area contributed by atoms with Crippen LogP contribution in [0.5, 0.6) is 0 Å². The summed E-state index contributed by atoms with van der Waals surface area (Å²) < 4.78 is 5.12. The van der Waals surface area contributed by atoms with Crippen LogP contribution in [-0.2, 0) is 4.74 Å². The van der Waals surface area contributed by atoms with Crippen LogP contribution in [0.1, 0.15) is 17.3 Å². The standard InChI is InChI=1S/C21H16O2/c1-2-23-21(22)18-11-17-9-5-8-16-10-14-6-3-4-7-15(14)12-19(16)20(17)13-18/h3-13H,2H2,1H3. The molecule has 0 N–H and O–H groups in total. The lowest BCUT2D eigenvalue weighted by molar-refractivity contribution is 0.0527. The molecule has 23 heavy (non-hydrogen) atoms. The normalized spacial score (nSPS) is 11.2. The van der Waals surface area contributed by atoms with Crippen molar-refractivity contribution in [2.24, 2.45) is 0 Å². The van der Waals surface area contributed by atoms with Crippen LogP contribution in [0.4, 0.5) is 0 Å². The summed E-state index contributed by atoms with van der Waals surface area (Å²) in [7, 11) is 0. The van der Waals surface area contributed by atoms with Gasteiger partial charge in [0, 0.05) is 0 Å². The molecule has 112 valence electrons. The van der Waals surface area contributed by atoms with E-state index in [1.165, 1.54) is 16.2 Å². The maximum absolute atomic E-state index is 12.0. The van der Waals surface area contributed by atoms with Crippen LogP contribution in [0.3, 0.4) is 0 Å². The Bertz CT molecular complexity index is 1000. The molecule has 0 saturated carbocycles. The van der Waals surface area contributed by atoms with E-state index in [4.69, 9.17) is 4.74 Å². The van der Waals surface area contributed by atoms with Gasteiger partial charge >= 0.3 is 5.97 Å². The molecule has 0 aliphatic heterocycles. The van der Waals surface area contributed by atoms with E-state index >= 15 is 0 Å². The van der Waals surface area contributed by atoms with Gasteiger partial charge in [-0.1, -0.05) is 42.5 Å². The molecule has 0 saturated heterocycles. The van der Waals surface area contributed by atoms with Crippen LogP contribution in [0.25, 0.3) is 32.7 Å². The van der Waals surface area contributed by atoms with E-state index in [0.29, 0.717) is 12.2 Å². The quantitative estimate of drug-likeness (QED) is 0.471. The zero-order valence-corrected chi connectivity index (χ0v) is 12.9. The molecule has 2 aliphatic rings. The molecule has 0 aromatic heterocycles. The highest BCUT2D eigenvalue weighted by Crippen LogP contribution is 2.34. The maximum atomic E-state index is 12.0. The first-order valence-corrected chi connectivity index (χ1v) is 7.78. The highest BCUT2D eigenvalue weighted by Gasteiger charge is 2.15. The van der Waals surface area contributed by atoms with Crippen molar-refractivity contribution < 1.29 is 9.53 Å². The fourth-order valence-electron chi connectivity index (χ4n) is 3.11. The fraction of sp³-hybridized carbons (Fsp3) is 0.0952. The van der Waals surface area contributed by atoms with Crippen LogP contribution in [-0.4, -0.2) is 12.6 Å². The Morgan fingerprint density at radius 3 is 2.39 bits per heavy atom. The molecule has 0 unspecified atom stereocenters. The molecule has 0 heterocycles. The number of fused-ring (bicyclic) bond motifs is 4. The molecule has 0 spiro atoms. The SMILES string of the molecule is CCOC(=O)c1cc2cccc3cc4ccccc4cc3c-2c1. The van der Waals surface area contributed by atoms with E-state index in [1.54, 1.807) is 0 Å². The average molecular weight is 300 g/mol. The Labute approximate surface area is 134 Å². The summed E-state index contributed by atoms with van der Waals surface area (Å²) in [5.74, 6) is -0.264. The Morgan fingerprint density at radius 1 is 0.870 bits per heavy atom. The Kier molecular flexibility index (Phi) is 3.23. The second-order valence-corrected chi connectivity index (χ2v) is 5.65. The van der Waals surface area contributed by atoms with Gasteiger partial charge in [-0.05, 0) is 63.9 Å². The smallest absolute Gasteiger partial charge is 0.338 e. The van der Waals surface area contributed by atoms with E-state index in [0.717, 1.165) is 16.5 Å². The number of rotatable bonds is 2. The fourth-order valence-corrected chi connectivity index (χ4v) is 3.11. The third-order valence-electron chi connectivity index (χ3n) is 4.19. The first-order valence-electron chi connectivity index (χ1n) is 7.78. The molecule has 0 bridgehead atoms. The van der Waals surface area contributed by atoms with Crippen molar-refractivity contribution in [3.63, 3.8) is 0 Å². The van der Waals surface area contributed by atoms with Crippen molar-refractivity contribution in [2.45, 2.75) is 6.92 Å². The third kappa shape index (κ3) is 2.33. The lowest BCUT2D eigenvalue weighted by Crippen LogP contribution is -2.02.